The smallest absolute Gasteiger partial charge is 0.240 e. The summed E-state index contributed by atoms with van der Waals surface area (Å²) in [5, 5.41) is 13.8. The normalized spacial score (nSPS) is 18.5. The number of hydrogen-bond acceptors (Lipinski definition) is 7. The van der Waals surface area contributed by atoms with E-state index in [9.17, 15) is 14.3 Å². The molecule has 0 spiro atoms. The molecule has 170 valence electrons. The number of anilines is 1. The second-order valence-electron chi connectivity index (χ2n) is 8.01. The summed E-state index contributed by atoms with van der Waals surface area (Å²) in [6, 6.07) is 14.1. The molecule has 9 heteroatoms. The summed E-state index contributed by atoms with van der Waals surface area (Å²) in [5.74, 6) is -0.377. The number of halogens is 1. The number of nitrogens with one attached hydrogen (secondary N) is 1. The van der Waals surface area contributed by atoms with Gasteiger partial charge in [-0.2, -0.15) is 0 Å². The van der Waals surface area contributed by atoms with Gasteiger partial charge in [0.15, 0.2) is 16.7 Å². The number of thiazole rings is 1. The Bertz CT molecular complexity index is 1030. The number of aliphatic hydroxyl groups excluding tert-OH is 1. The lowest BCUT2D eigenvalue weighted by Gasteiger charge is -2.40. The Balaban J connectivity index is 1.21. The van der Waals surface area contributed by atoms with Crippen LogP contribution < -0.4 is 10.1 Å². The number of aliphatic hydroxyl groups is 1. The molecule has 0 bridgehead atoms. The average Bonchev–Trinajstić information content (AvgIpc) is 3.17. The molecule has 1 aliphatic heterocycles. The molecule has 0 radical (unpaired) electrons. The molecule has 4 rings (SSSR count). The monoisotopic (exact) mass is 458 g/mol. The van der Waals surface area contributed by atoms with E-state index in [2.05, 4.69) is 27.0 Å². The van der Waals surface area contributed by atoms with Gasteiger partial charge < -0.3 is 15.2 Å². The van der Waals surface area contributed by atoms with Crippen LogP contribution >= 0.6 is 11.3 Å². The maximum Gasteiger partial charge on any atom is 0.240 e. The van der Waals surface area contributed by atoms with Crippen molar-refractivity contribution >= 4 is 32.6 Å². The molecule has 2 N–H and O–H groups in total. The molecule has 3 aromatic rings. The summed E-state index contributed by atoms with van der Waals surface area (Å²) in [5.41, 5.74) is 0.882. The number of fused-ring (bicyclic) bond motifs is 1. The number of nitrogens with zero attached hydrogens (tertiary/aromatic N) is 3. The van der Waals surface area contributed by atoms with Gasteiger partial charge in [0, 0.05) is 32.2 Å². The number of para-hydroxylation sites is 2. The summed E-state index contributed by atoms with van der Waals surface area (Å²) in [6.45, 7) is 4.99. The number of hydrogen-bond donors (Lipinski definition) is 2. The minimum absolute atomic E-state index is 0.0262. The summed E-state index contributed by atoms with van der Waals surface area (Å²) in [4.78, 5) is 21.2. The van der Waals surface area contributed by atoms with Gasteiger partial charge >= 0.3 is 0 Å². The molecular formula is C23H27FN4O3S. The third kappa shape index (κ3) is 5.80. The van der Waals surface area contributed by atoms with Crippen LogP contribution in [0, 0.1) is 5.82 Å². The number of aromatic nitrogens is 1. The number of ether oxygens (including phenoxy) is 1. The fourth-order valence-corrected chi connectivity index (χ4v) is 4.73. The predicted octanol–water partition coefficient (Wildman–Crippen LogP) is 2.82. The van der Waals surface area contributed by atoms with Gasteiger partial charge in [-0.1, -0.05) is 35.6 Å². The third-order valence-corrected chi connectivity index (χ3v) is 6.42. The predicted molar refractivity (Wildman–Crippen MR) is 124 cm³/mol. The molecule has 2 atom stereocenters. The number of amides is 1. The molecule has 0 aliphatic carbocycles. The number of benzene rings is 2. The molecule has 1 aromatic heterocycles. The first kappa shape index (κ1) is 22.6. The SMILES string of the molecule is CC1CN(CC(=O)Nc2nc3ccccc3s2)CCN1CC(O)COc1ccccc1F. The van der Waals surface area contributed by atoms with Crippen LogP contribution in [0.1, 0.15) is 6.92 Å². The third-order valence-electron chi connectivity index (χ3n) is 5.47. The highest BCUT2D eigenvalue weighted by molar-refractivity contribution is 7.22. The first-order valence-electron chi connectivity index (χ1n) is 10.6. The molecule has 0 saturated carbocycles. The van der Waals surface area contributed by atoms with Crippen LogP contribution in [0.2, 0.25) is 0 Å². The van der Waals surface area contributed by atoms with E-state index in [-0.39, 0.29) is 24.3 Å². The fourth-order valence-electron chi connectivity index (χ4n) is 3.84. The van der Waals surface area contributed by atoms with Crippen LogP contribution in [-0.4, -0.2) is 77.3 Å². The van der Waals surface area contributed by atoms with E-state index in [0.717, 1.165) is 23.3 Å². The van der Waals surface area contributed by atoms with Crippen molar-refractivity contribution in [1.82, 2.24) is 14.8 Å². The zero-order valence-corrected chi connectivity index (χ0v) is 18.7. The molecule has 32 heavy (non-hydrogen) atoms. The zero-order chi connectivity index (χ0) is 22.5. The van der Waals surface area contributed by atoms with Gasteiger partial charge in [0.05, 0.1) is 16.8 Å². The van der Waals surface area contributed by atoms with Crippen LogP contribution in [0.3, 0.4) is 0 Å². The van der Waals surface area contributed by atoms with Crippen LogP contribution in [0.15, 0.2) is 48.5 Å². The molecular weight excluding hydrogens is 431 g/mol. The maximum atomic E-state index is 13.6. The van der Waals surface area contributed by atoms with E-state index < -0.39 is 11.9 Å². The highest BCUT2D eigenvalue weighted by Crippen LogP contribution is 2.25. The summed E-state index contributed by atoms with van der Waals surface area (Å²) in [7, 11) is 0. The first-order valence-corrected chi connectivity index (χ1v) is 11.5. The van der Waals surface area contributed by atoms with Crippen molar-refractivity contribution in [2.45, 2.75) is 19.1 Å². The van der Waals surface area contributed by atoms with E-state index in [1.165, 1.54) is 17.4 Å². The Labute approximate surface area is 190 Å². The van der Waals surface area contributed by atoms with Crippen LogP contribution in [-0.2, 0) is 4.79 Å². The molecule has 7 nitrogen and oxygen atoms in total. The van der Waals surface area contributed by atoms with Crippen molar-refractivity contribution < 1.29 is 19.0 Å². The average molecular weight is 459 g/mol. The number of carbonyl (C=O) groups is 1. The van der Waals surface area contributed by atoms with Gasteiger partial charge in [0.25, 0.3) is 0 Å². The van der Waals surface area contributed by atoms with Crippen molar-refractivity contribution in [2.24, 2.45) is 0 Å². The number of β-amino-alcohol motifs (C(OH)–C–C–N with tert-alkyl or cyclic N) is 1. The van der Waals surface area contributed by atoms with Crippen molar-refractivity contribution in [2.75, 3.05) is 44.6 Å². The maximum absolute atomic E-state index is 13.6. The van der Waals surface area contributed by atoms with Crippen LogP contribution in [0.4, 0.5) is 9.52 Å². The van der Waals surface area contributed by atoms with E-state index >= 15 is 0 Å². The Morgan fingerprint density at radius 1 is 1.28 bits per heavy atom. The van der Waals surface area contributed by atoms with Crippen molar-refractivity contribution in [1.29, 1.82) is 0 Å². The molecule has 2 unspecified atom stereocenters. The van der Waals surface area contributed by atoms with Gasteiger partial charge in [0.2, 0.25) is 5.91 Å². The van der Waals surface area contributed by atoms with Crippen molar-refractivity contribution in [3.63, 3.8) is 0 Å². The standard InChI is InChI=1S/C23H27FN4O3S/c1-16-12-27(14-22(30)26-23-25-19-7-3-5-9-21(19)32-23)10-11-28(16)13-17(29)15-31-20-8-4-2-6-18(20)24/h2-9,16-17,29H,10-15H2,1H3,(H,25,26,30). The van der Waals surface area contributed by atoms with E-state index in [1.807, 2.05) is 24.3 Å². The summed E-state index contributed by atoms with van der Waals surface area (Å²) in [6.07, 6.45) is -0.731. The molecule has 1 aliphatic rings. The fraction of sp³-hybridized carbons (Fsp3) is 0.391. The summed E-state index contributed by atoms with van der Waals surface area (Å²) < 4.78 is 20.1. The second-order valence-corrected chi connectivity index (χ2v) is 9.04. The molecule has 1 fully saturated rings. The Morgan fingerprint density at radius 2 is 2.06 bits per heavy atom. The van der Waals surface area contributed by atoms with Crippen LogP contribution in [0.25, 0.3) is 10.2 Å². The second kappa shape index (κ2) is 10.4. The highest BCUT2D eigenvalue weighted by Gasteiger charge is 2.26. The number of carbonyl (C=O) groups excluding carboxylic acids is 1. The minimum atomic E-state index is -0.731. The van der Waals surface area contributed by atoms with Gasteiger partial charge in [-0.3, -0.25) is 14.6 Å². The molecule has 2 heterocycles. The van der Waals surface area contributed by atoms with Crippen molar-refractivity contribution in [3.05, 3.63) is 54.3 Å². The topological polar surface area (TPSA) is 77.9 Å². The quantitative estimate of drug-likeness (QED) is 0.541. The summed E-state index contributed by atoms with van der Waals surface area (Å²) >= 11 is 1.47. The first-order chi connectivity index (χ1) is 15.5. The van der Waals surface area contributed by atoms with Gasteiger partial charge in [-0.15, -0.1) is 0 Å². The van der Waals surface area contributed by atoms with Gasteiger partial charge in [-0.25, -0.2) is 9.37 Å². The van der Waals surface area contributed by atoms with Gasteiger partial charge in [-0.05, 0) is 31.2 Å². The molecule has 1 saturated heterocycles. The highest BCUT2D eigenvalue weighted by atomic mass is 32.1. The van der Waals surface area contributed by atoms with E-state index in [1.54, 1.807) is 18.2 Å². The zero-order valence-electron chi connectivity index (χ0n) is 17.9. The lowest BCUT2D eigenvalue weighted by Crippen LogP contribution is -2.55. The number of piperazine rings is 1. The molecule has 2 aromatic carbocycles. The van der Waals surface area contributed by atoms with E-state index in [0.29, 0.717) is 24.8 Å². The lowest BCUT2D eigenvalue weighted by atomic mass is 10.1. The van der Waals surface area contributed by atoms with Gasteiger partial charge in [0.1, 0.15) is 12.7 Å². The molecule has 1 amide bonds. The largest absolute Gasteiger partial charge is 0.488 e. The van der Waals surface area contributed by atoms with Crippen molar-refractivity contribution in [3.8, 4) is 5.75 Å². The Kier molecular flexibility index (Phi) is 7.31. The Morgan fingerprint density at radius 3 is 2.84 bits per heavy atom. The Hall–Kier alpha value is -2.59. The lowest BCUT2D eigenvalue weighted by molar-refractivity contribution is -0.118. The number of rotatable bonds is 8. The van der Waals surface area contributed by atoms with Crippen LogP contribution in [0.5, 0.6) is 5.75 Å². The minimum Gasteiger partial charge on any atom is -0.488 e. The van der Waals surface area contributed by atoms with E-state index in [4.69, 9.17) is 4.74 Å².